The monoisotopic (exact) mass is 502 g/mol. The Hall–Kier alpha value is -1.73. The quantitative estimate of drug-likeness (QED) is 0.172. The van der Waals surface area contributed by atoms with Gasteiger partial charge in [0.1, 0.15) is 0 Å². The molecule has 0 aliphatic heterocycles. The van der Waals surface area contributed by atoms with E-state index in [0.717, 1.165) is 12.8 Å². The van der Waals surface area contributed by atoms with Crippen molar-refractivity contribution in [2.45, 2.75) is 102 Å². The van der Waals surface area contributed by atoms with Crippen molar-refractivity contribution in [1.29, 1.82) is 0 Å². The SMILES string of the molecule is CC(C)(C)[Si](C)(C)O[C@@H](/C=C/[C@@H]1[C@@H](C/C=C\CCCC(=O)O)[C@@H](O)C[C@H]1O)CCc1ccccc1. The number of allylic oxidation sites excluding steroid dienone is 2. The second kappa shape index (κ2) is 13.5. The molecule has 5 atom stereocenters. The molecule has 5 nitrogen and oxygen atoms in total. The van der Waals surface area contributed by atoms with E-state index < -0.39 is 26.5 Å². The third-order valence-electron chi connectivity index (χ3n) is 7.61. The van der Waals surface area contributed by atoms with Crippen molar-refractivity contribution in [1.82, 2.24) is 0 Å². The van der Waals surface area contributed by atoms with E-state index >= 15 is 0 Å². The van der Waals surface area contributed by atoms with Crippen LogP contribution in [-0.4, -0.2) is 47.9 Å². The molecular weight excluding hydrogens is 456 g/mol. The van der Waals surface area contributed by atoms with Gasteiger partial charge in [0, 0.05) is 18.8 Å². The summed E-state index contributed by atoms with van der Waals surface area (Å²) in [7, 11) is -1.99. The van der Waals surface area contributed by atoms with Crippen molar-refractivity contribution in [3.05, 3.63) is 60.2 Å². The zero-order valence-corrected chi connectivity index (χ0v) is 23.2. The summed E-state index contributed by atoms with van der Waals surface area (Å²) in [6, 6.07) is 10.4. The number of benzene rings is 1. The van der Waals surface area contributed by atoms with Gasteiger partial charge in [-0.05, 0) is 61.7 Å². The summed E-state index contributed by atoms with van der Waals surface area (Å²) in [5.74, 6) is -0.963. The maximum Gasteiger partial charge on any atom is 0.303 e. The molecule has 1 saturated carbocycles. The van der Waals surface area contributed by atoms with Crippen LogP contribution in [0.5, 0.6) is 0 Å². The molecule has 1 aromatic rings. The standard InChI is InChI=1S/C29H46O5Si/c1-29(2,3)35(4,5)34-23(18-17-22-13-9-8-10-14-22)19-20-25-24(26(30)21-27(25)31)15-11-6-7-12-16-28(32)33/h6,8-11,13-14,19-20,23-27,30-31H,7,12,15-18,21H2,1-5H3,(H,32,33)/b11-6-,20-19+/t23-,24-,25-,26+,27-/m1/s1. The summed E-state index contributed by atoms with van der Waals surface area (Å²) in [6.07, 6.45) is 11.4. The Morgan fingerprint density at radius 1 is 1.14 bits per heavy atom. The van der Waals surface area contributed by atoms with Crippen LogP contribution >= 0.6 is 0 Å². The molecule has 0 amide bonds. The number of hydrogen-bond donors (Lipinski definition) is 3. The molecule has 1 aliphatic carbocycles. The van der Waals surface area contributed by atoms with Crippen molar-refractivity contribution in [3.63, 3.8) is 0 Å². The van der Waals surface area contributed by atoms with E-state index in [9.17, 15) is 15.0 Å². The van der Waals surface area contributed by atoms with Crippen LogP contribution in [0, 0.1) is 11.8 Å². The Labute approximate surface area is 213 Å². The molecule has 3 N–H and O–H groups in total. The molecule has 0 spiro atoms. The number of aliphatic hydroxyl groups is 2. The summed E-state index contributed by atoms with van der Waals surface area (Å²) in [4.78, 5) is 10.7. The van der Waals surface area contributed by atoms with E-state index in [1.165, 1.54) is 5.56 Å². The lowest BCUT2D eigenvalue weighted by molar-refractivity contribution is -0.137. The average Bonchev–Trinajstić information content (AvgIpc) is 3.04. The molecule has 1 aromatic carbocycles. The fraction of sp³-hybridized carbons (Fsp3) is 0.621. The molecule has 196 valence electrons. The van der Waals surface area contributed by atoms with E-state index in [1.807, 2.05) is 18.2 Å². The zero-order valence-electron chi connectivity index (χ0n) is 22.2. The highest BCUT2D eigenvalue weighted by Crippen LogP contribution is 2.39. The molecule has 1 aliphatic rings. The molecule has 0 saturated heterocycles. The molecule has 35 heavy (non-hydrogen) atoms. The van der Waals surface area contributed by atoms with Crippen LogP contribution in [0.3, 0.4) is 0 Å². The van der Waals surface area contributed by atoms with E-state index in [1.54, 1.807) is 0 Å². The van der Waals surface area contributed by atoms with Crippen LogP contribution in [0.1, 0.15) is 64.9 Å². The van der Waals surface area contributed by atoms with Crippen molar-refractivity contribution in [2.24, 2.45) is 11.8 Å². The van der Waals surface area contributed by atoms with Gasteiger partial charge in [0.25, 0.3) is 0 Å². The Morgan fingerprint density at radius 3 is 2.46 bits per heavy atom. The molecule has 0 aromatic heterocycles. The molecule has 0 bridgehead atoms. The van der Waals surface area contributed by atoms with Crippen LogP contribution in [0.4, 0.5) is 0 Å². The van der Waals surface area contributed by atoms with Crippen molar-refractivity contribution >= 4 is 14.3 Å². The molecule has 0 heterocycles. The predicted octanol–water partition coefficient (Wildman–Crippen LogP) is 6.12. The van der Waals surface area contributed by atoms with E-state index in [-0.39, 0.29) is 29.4 Å². The smallest absolute Gasteiger partial charge is 0.303 e. The molecule has 0 radical (unpaired) electrons. The van der Waals surface area contributed by atoms with Gasteiger partial charge in [-0.2, -0.15) is 0 Å². The highest BCUT2D eigenvalue weighted by atomic mass is 28.4. The minimum atomic E-state index is -1.99. The highest BCUT2D eigenvalue weighted by molar-refractivity contribution is 6.74. The number of rotatable bonds is 13. The minimum absolute atomic E-state index is 0.0479. The molecule has 2 rings (SSSR count). The van der Waals surface area contributed by atoms with Crippen molar-refractivity contribution in [2.75, 3.05) is 0 Å². The third-order valence-corrected chi connectivity index (χ3v) is 12.1. The molecule has 1 fully saturated rings. The van der Waals surface area contributed by atoms with Gasteiger partial charge < -0.3 is 19.7 Å². The Balaban J connectivity index is 2.09. The first-order chi connectivity index (χ1) is 16.4. The van der Waals surface area contributed by atoms with Gasteiger partial charge in [-0.25, -0.2) is 0 Å². The summed E-state index contributed by atoms with van der Waals surface area (Å²) in [5.41, 5.74) is 1.28. The Morgan fingerprint density at radius 2 is 1.83 bits per heavy atom. The topological polar surface area (TPSA) is 87.0 Å². The second-order valence-electron chi connectivity index (χ2n) is 11.4. The minimum Gasteiger partial charge on any atom is -0.481 e. The number of carboxylic acid groups (broad SMARTS) is 1. The van der Waals surface area contributed by atoms with Gasteiger partial charge in [-0.1, -0.05) is 75.4 Å². The number of aliphatic carboxylic acids is 1. The molecular formula is C29H46O5Si. The summed E-state index contributed by atoms with van der Waals surface area (Å²) >= 11 is 0. The lowest BCUT2D eigenvalue weighted by Gasteiger charge is -2.39. The maximum atomic E-state index is 10.7. The summed E-state index contributed by atoms with van der Waals surface area (Å²) in [5, 5.41) is 30.1. The van der Waals surface area contributed by atoms with E-state index in [4.69, 9.17) is 9.53 Å². The zero-order chi connectivity index (χ0) is 26.1. The van der Waals surface area contributed by atoms with Gasteiger partial charge in [-0.3, -0.25) is 4.79 Å². The number of aryl methyl sites for hydroxylation is 1. The first-order valence-corrected chi connectivity index (χ1v) is 15.9. The van der Waals surface area contributed by atoms with Crippen LogP contribution < -0.4 is 0 Å². The van der Waals surface area contributed by atoms with E-state index in [2.05, 4.69) is 70.3 Å². The lowest BCUT2D eigenvalue weighted by Crippen LogP contribution is -2.43. The Bertz CT molecular complexity index is 827. The summed E-state index contributed by atoms with van der Waals surface area (Å²) < 4.78 is 6.77. The Kier molecular flexibility index (Phi) is 11.4. The number of unbranched alkanes of at least 4 members (excludes halogenated alkanes) is 1. The predicted molar refractivity (Wildman–Crippen MR) is 145 cm³/mol. The fourth-order valence-corrected chi connectivity index (χ4v) is 5.71. The maximum absolute atomic E-state index is 10.7. The van der Waals surface area contributed by atoms with Crippen LogP contribution in [0.15, 0.2) is 54.6 Å². The van der Waals surface area contributed by atoms with Gasteiger partial charge in [0.2, 0.25) is 0 Å². The summed E-state index contributed by atoms with van der Waals surface area (Å²) in [6.45, 7) is 11.3. The first kappa shape index (κ1) is 29.5. The van der Waals surface area contributed by atoms with Gasteiger partial charge in [0.15, 0.2) is 8.32 Å². The normalized spacial score (nSPS) is 24.4. The second-order valence-corrected chi connectivity index (χ2v) is 16.2. The fourth-order valence-electron chi connectivity index (χ4n) is 4.40. The molecule has 0 unspecified atom stereocenters. The first-order valence-electron chi connectivity index (χ1n) is 13.0. The van der Waals surface area contributed by atoms with Gasteiger partial charge in [-0.15, -0.1) is 0 Å². The van der Waals surface area contributed by atoms with Crippen molar-refractivity contribution in [3.8, 4) is 0 Å². The van der Waals surface area contributed by atoms with E-state index in [0.29, 0.717) is 25.7 Å². The van der Waals surface area contributed by atoms with Gasteiger partial charge >= 0.3 is 5.97 Å². The number of aliphatic hydroxyl groups excluding tert-OH is 2. The average molecular weight is 503 g/mol. The number of carboxylic acids is 1. The highest BCUT2D eigenvalue weighted by Gasteiger charge is 2.41. The number of hydrogen-bond acceptors (Lipinski definition) is 4. The third kappa shape index (κ3) is 9.68. The molecule has 6 heteroatoms. The largest absolute Gasteiger partial charge is 0.481 e. The van der Waals surface area contributed by atoms with Crippen molar-refractivity contribution < 1.29 is 24.5 Å². The number of carbonyl (C=O) groups is 1. The van der Waals surface area contributed by atoms with Crippen LogP contribution in [0.25, 0.3) is 0 Å². The van der Waals surface area contributed by atoms with Gasteiger partial charge in [0.05, 0.1) is 18.3 Å². The lowest BCUT2D eigenvalue weighted by atomic mass is 9.89. The van der Waals surface area contributed by atoms with Crippen LogP contribution in [-0.2, 0) is 15.6 Å². The van der Waals surface area contributed by atoms with Crippen LogP contribution in [0.2, 0.25) is 18.1 Å².